The van der Waals surface area contributed by atoms with Gasteiger partial charge in [0.2, 0.25) is 10.0 Å². The fourth-order valence-electron chi connectivity index (χ4n) is 1.32. The molecule has 0 aromatic heterocycles. The Kier molecular flexibility index (Phi) is 12.0. The molecule has 4 nitrogen and oxygen atoms in total. The van der Waals surface area contributed by atoms with E-state index < -0.39 is 10.0 Å². The molecule has 0 rings (SSSR count). The van der Waals surface area contributed by atoms with Gasteiger partial charge in [-0.1, -0.05) is 33.1 Å². The van der Waals surface area contributed by atoms with E-state index in [4.69, 9.17) is 5.73 Å². The van der Waals surface area contributed by atoms with Crippen molar-refractivity contribution in [2.75, 3.05) is 12.3 Å². The number of rotatable bonds is 9. The molecule has 1 unspecified atom stereocenters. The van der Waals surface area contributed by atoms with E-state index in [1.807, 2.05) is 6.92 Å². The molecule has 0 spiro atoms. The number of sulfonamides is 1. The number of nitrogens with one attached hydrogen (secondary N) is 1. The summed E-state index contributed by atoms with van der Waals surface area (Å²) in [5.41, 5.74) is 5.52. The summed E-state index contributed by atoms with van der Waals surface area (Å²) in [6, 6.07) is -0.0909. The van der Waals surface area contributed by atoms with Gasteiger partial charge >= 0.3 is 0 Å². The number of hydrogen-bond acceptors (Lipinski definition) is 3. The summed E-state index contributed by atoms with van der Waals surface area (Å²) < 4.78 is 25.8. The minimum absolute atomic E-state index is 0. The Balaban J connectivity index is 0. The molecule has 0 aromatic rings. The molecule has 0 aromatic carbocycles. The molecule has 3 N–H and O–H groups in total. The van der Waals surface area contributed by atoms with E-state index in [-0.39, 0.29) is 24.2 Å². The molecule has 0 radical (unpaired) electrons. The quantitative estimate of drug-likeness (QED) is 0.670. The van der Waals surface area contributed by atoms with E-state index in [2.05, 4.69) is 11.6 Å². The smallest absolute Gasteiger partial charge is 0.211 e. The normalized spacial score (nSPS) is 13.2. The lowest BCUT2D eigenvalue weighted by atomic mass is 10.1. The lowest BCUT2D eigenvalue weighted by molar-refractivity contribution is 0.515. The Hall–Kier alpha value is 0.160. The van der Waals surface area contributed by atoms with Crippen LogP contribution in [0.1, 0.15) is 46.0 Å². The molecule has 16 heavy (non-hydrogen) atoms. The van der Waals surface area contributed by atoms with Crippen molar-refractivity contribution >= 4 is 22.4 Å². The fraction of sp³-hybridized carbons (Fsp3) is 1.00. The first-order valence-electron chi connectivity index (χ1n) is 5.75. The van der Waals surface area contributed by atoms with Gasteiger partial charge in [0.25, 0.3) is 0 Å². The third-order valence-corrected chi connectivity index (χ3v) is 3.82. The zero-order valence-electron chi connectivity index (χ0n) is 10.2. The van der Waals surface area contributed by atoms with Gasteiger partial charge in [0, 0.05) is 12.6 Å². The van der Waals surface area contributed by atoms with Gasteiger partial charge in [-0.3, -0.25) is 0 Å². The van der Waals surface area contributed by atoms with Gasteiger partial charge < -0.3 is 5.73 Å². The van der Waals surface area contributed by atoms with Crippen molar-refractivity contribution in [2.24, 2.45) is 5.73 Å². The molecule has 0 fully saturated rings. The zero-order valence-corrected chi connectivity index (χ0v) is 11.9. The maximum atomic E-state index is 11.6. The van der Waals surface area contributed by atoms with Crippen LogP contribution in [0.2, 0.25) is 0 Å². The van der Waals surface area contributed by atoms with E-state index in [1.165, 1.54) is 0 Å². The topological polar surface area (TPSA) is 72.2 Å². The van der Waals surface area contributed by atoms with Crippen LogP contribution in [0.15, 0.2) is 0 Å². The lowest BCUT2D eigenvalue weighted by Gasteiger charge is -2.16. The van der Waals surface area contributed by atoms with E-state index in [0.717, 1.165) is 25.7 Å². The Morgan fingerprint density at radius 3 is 2.19 bits per heavy atom. The van der Waals surface area contributed by atoms with Gasteiger partial charge in [0.1, 0.15) is 0 Å². The van der Waals surface area contributed by atoms with Gasteiger partial charge in [-0.15, -0.1) is 12.4 Å². The van der Waals surface area contributed by atoms with Crippen LogP contribution in [0.5, 0.6) is 0 Å². The summed E-state index contributed by atoms with van der Waals surface area (Å²) in [4.78, 5) is 0. The highest BCUT2D eigenvalue weighted by Gasteiger charge is 2.15. The average molecular weight is 273 g/mol. The van der Waals surface area contributed by atoms with Crippen LogP contribution < -0.4 is 10.5 Å². The molecule has 0 aliphatic carbocycles. The number of hydrogen-bond donors (Lipinski definition) is 2. The highest BCUT2D eigenvalue weighted by Crippen LogP contribution is 2.02. The van der Waals surface area contributed by atoms with Crippen LogP contribution >= 0.6 is 12.4 Å². The monoisotopic (exact) mass is 272 g/mol. The first kappa shape index (κ1) is 18.5. The highest BCUT2D eigenvalue weighted by molar-refractivity contribution is 7.89. The largest absolute Gasteiger partial charge is 0.329 e. The van der Waals surface area contributed by atoms with E-state index in [9.17, 15) is 8.42 Å². The summed E-state index contributed by atoms with van der Waals surface area (Å²) in [5.74, 6) is 0.214. The molecule has 1 atom stereocenters. The molecular weight excluding hydrogens is 248 g/mol. The van der Waals surface area contributed by atoms with Crippen LogP contribution in [-0.4, -0.2) is 26.8 Å². The molecule has 0 aliphatic rings. The lowest BCUT2D eigenvalue weighted by Crippen LogP contribution is -2.41. The molecule has 0 heterocycles. The Bertz CT molecular complexity index is 245. The summed E-state index contributed by atoms with van der Waals surface area (Å²) in [7, 11) is -3.12. The van der Waals surface area contributed by atoms with Gasteiger partial charge in [-0.2, -0.15) is 0 Å². The maximum Gasteiger partial charge on any atom is 0.211 e. The average Bonchev–Trinajstić information content (AvgIpc) is 2.21. The number of unbranched alkanes of at least 4 members (excludes halogenated alkanes) is 2. The number of halogens is 1. The second-order valence-electron chi connectivity index (χ2n) is 3.87. The third kappa shape index (κ3) is 9.39. The van der Waals surface area contributed by atoms with E-state index in [1.54, 1.807) is 0 Å². The Morgan fingerprint density at radius 1 is 1.19 bits per heavy atom. The van der Waals surface area contributed by atoms with E-state index in [0.29, 0.717) is 13.0 Å². The van der Waals surface area contributed by atoms with Crippen LogP contribution in [0.4, 0.5) is 0 Å². The summed E-state index contributed by atoms with van der Waals surface area (Å²) in [6.45, 7) is 4.44. The van der Waals surface area contributed by atoms with Crippen LogP contribution in [0, 0.1) is 0 Å². The molecule has 0 saturated carbocycles. The Labute approximate surface area is 106 Å². The first-order valence-corrected chi connectivity index (χ1v) is 7.41. The maximum absolute atomic E-state index is 11.6. The predicted molar refractivity (Wildman–Crippen MR) is 71.4 cm³/mol. The highest BCUT2D eigenvalue weighted by atomic mass is 35.5. The third-order valence-electron chi connectivity index (χ3n) is 2.30. The van der Waals surface area contributed by atoms with Crippen molar-refractivity contribution in [3.05, 3.63) is 0 Å². The minimum atomic E-state index is -3.12. The van der Waals surface area contributed by atoms with Crippen molar-refractivity contribution < 1.29 is 8.42 Å². The standard InChI is InChI=1S/C10H24N2O2S.ClH/c1-3-5-7-10(9-11)12-15(13,14)8-6-4-2;/h10,12H,3-9,11H2,1-2H3;1H. The fourth-order valence-corrected chi connectivity index (χ4v) is 2.83. The van der Waals surface area contributed by atoms with Crippen LogP contribution in [0.25, 0.3) is 0 Å². The zero-order chi connectivity index (χ0) is 11.7. The molecule has 6 heteroatoms. The number of nitrogens with two attached hydrogens (primary N) is 1. The van der Waals surface area contributed by atoms with Crippen LogP contribution in [0.3, 0.4) is 0 Å². The van der Waals surface area contributed by atoms with Gasteiger partial charge in [-0.05, 0) is 12.8 Å². The second-order valence-corrected chi connectivity index (χ2v) is 5.74. The molecule has 0 amide bonds. The summed E-state index contributed by atoms with van der Waals surface area (Å²) in [6.07, 6.45) is 4.51. The molecular formula is C10H25ClN2O2S. The minimum Gasteiger partial charge on any atom is -0.329 e. The van der Waals surface area contributed by atoms with Crippen molar-refractivity contribution in [1.29, 1.82) is 0 Å². The molecule has 0 aliphatic heterocycles. The van der Waals surface area contributed by atoms with Gasteiger partial charge in [0.05, 0.1) is 5.75 Å². The molecule has 0 bridgehead atoms. The van der Waals surface area contributed by atoms with E-state index >= 15 is 0 Å². The van der Waals surface area contributed by atoms with Crippen molar-refractivity contribution in [2.45, 2.75) is 52.0 Å². The van der Waals surface area contributed by atoms with Gasteiger partial charge in [0.15, 0.2) is 0 Å². The van der Waals surface area contributed by atoms with Crippen molar-refractivity contribution in [3.63, 3.8) is 0 Å². The molecule has 100 valence electrons. The summed E-state index contributed by atoms with van der Waals surface area (Å²) >= 11 is 0. The first-order chi connectivity index (χ1) is 7.05. The van der Waals surface area contributed by atoms with Crippen molar-refractivity contribution in [1.82, 2.24) is 4.72 Å². The second kappa shape index (κ2) is 10.3. The van der Waals surface area contributed by atoms with Crippen molar-refractivity contribution in [3.8, 4) is 0 Å². The predicted octanol–water partition coefficient (Wildman–Crippen LogP) is 1.65. The Morgan fingerprint density at radius 2 is 1.75 bits per heavy atom. The SMILES string of the molecule is CCCCC(CN)NS(=O)(=O)CCCC.Cl. The summed E-state index contributed by atoms with van der Waals surface area (Å²) in [5, 5.41) is 0. The van der Waals surface area contributed by atoms with Gasteiger partial charge in [-0.25, -0.2) is 13.1 Å². The molecule has 0 saturated heterocycles. The van der Waals surface area contributed by atoms with Crippen LogP contribution in [-0.2, 0) is 10.0 Å².